The van der Waals surface area contributed by atoms with E-state index in [4.69, 9.17) is 5.11 Å². The van der Waals surface area contributed by atoms with Gasteiger partial charge in [-0.25, -0.2) is 9.59 Å². The van der Waals surface area contributed by atoms with E-state index in [1.807, 2.05) is 37.4 Å². The molecule has 1 heterocycles. The first-order valence-corrected chi connectivity index (χ1v) is 6.95. The van der Waals surface area contributed by atoms with Crippen LogP contribution >= 0.6 is 0 Å². The second kappa shape index (κ2) is 6.58. The molecule has 1 aliphatic heterocycles. The maximum absolute atomic E-state index is 11.3. The Morgan fingerprint density at radius 1 is 1.29 bits per heavy atom. The quantitative estimate of drug-likeness (QED) is 0.883. The van der Waals surface area contributed by atoms with Crippen LogP contribution in [0, 0.1) is 0 Å². The van der Waals surface area contributed by atoms with Gasteiger partial charge in [0.2, 0.25) is 0 Å². The summed E-state index contributed by atoms with van der Waals surface area (Å²) in [4.78, 5) is 25.5. The third kappa shape index (κ3) is 3.72. The molecule has 1 aromatic carbocycles. The Hall–Kier alpha value is -2.08. The summed E-state index contributed by atoms with van der Waals surface area (Å²) >= 11 is 0. The van der Waals surface area contributed by atoms with E-state index in [0.717, 1.165) is 17.0 Å². The molecule has 1 aromatic rings. The highest BCUT2D eigenvalue weighted by molar-refractivity contribution is 5.79. The molecule has 0 spiro atoms. The summed E-state index contributed by atoms with van der Waals surface area (Å²) < 4.78 is 0. The lowest BCUT2D eigenvalue weighted by Gasteiger charge is -2.39. The summed E-state index contributed by atoms with van der Waals surface area (Å²) in [5, 5.41) is 18.3. The number of amides is 1. The van der Waals surface area contributed by atoms with Gasteiger partial charge in [-0.2, -0.15) is 0 Å². The second-order valence-electron chi connectivity index (χ2n) is 5.41. The second-order valence-corrected chi connectivity index (χ2v) is 5.41. The molecule has 114 valence electrons. The van der Waals surface area contributed by atoms with E-state index in [1.54, 1.807) is 0 Å². The smallest absolute Gasteiger partial charge is 0.408 e. The minimum absolute atomic E-state index is 0.0712. The minimum Gasteiger partial charge on any atom is -0.480 e. The Morgan fingerprint density at radius 2 is 1.95 bits per heavy atom. The van der Waals surface area contributed by atoms with Crippen molar-refractivity contribution < 1.29 is 19.8 Å². The van der Waals surface area contributed by atoms with Crippen molar-refractivity contribution >= 4 is 12.1 Å². The highest BCUT2D eigenvalue weighted by Crippen LogP contribution is 2.23. The van der Waals surface area contributed by atoms with Crippen molar-refractivity contribution in [2.45, 2.75) is 31.5 Å². The number of carboxylic acids is 1. The van der Waals surface area contributed by atoms with Crippen molar-refractivity contribution in [1.82, 2.24) is 9.80 Å². The van der Waals surface area contributed by atoms with Gasteiger partial charge >= 0.3 is 12.1 Å². The lowest BCUT2D eigenvalue weighted by molar-refractivity contribution is -0.144. The zero-order valence-corrected chi connectivity index (χ0v) is 12.0. The molecule has 0 bridgehead atoms. The molecule has 0 aromatic heterocycles. The summed E-state index contributed by atoms with van der Waals surface area (Å²) in [5.41, 5.74) is 1.16. The van der Waals surface area contributed by atoms with Crippen molar-refractivity contribution in [3.63, 3.8) is 0 Å². The molecule has 0 radical (unpaired) electrons. The first-order valence-electron chi connectivity index (χ1n) is 6.95. The fourth-order valence-corrected chi connectivity index (χ4v) is 2.81. The summed E-state index contributed by atoms with van der Waals surface area (Å²) in [6, 6.07) is 9.05. The van der Waals surface area contributed by atoms with Crippen LogP contribution < -0.4 is 0 Å². The van der Waals surface area contributed by atoms with Gasteiger partial charge in [-0.05, 0) is 25.5 Å². The topological polar surface area (TPSA) is 81.1 Å². The van der Waals surface area contributed by atoms with Gasteiger partial charge in [0.05, 0.1) is 0 Å². The standard InChI is InChI=1S/C15H20N2O4/c1-16(10-11-5-3-2-4-6-11)12-7-8-17(15(20)21)13(9-12)14(18)19/h2-6,12-13H,7-10H2,1H3,(H,18,19)(H,20,21)/t12-,13-/m1/s1. The molecule has 0 unspecified atom stereocenters. The highest BCUT2D eigenvalue weighted by atomic mass is 16.4. The number of benzene rings is 1. The molecule has 2 atom stereocenters. The van der Waals surface area contributed by atoms with Crippen molar-refractivity contribution in [2.24, 2.45) is 0 Å². The maximum Gasteiger partial charge on any atom is 0.408 e. The van der Waals surface area contributed by atoms with Crippen LogP contribution in [0.15, 0.2) is 30.3 Å². The van der Waals surface area contributed by atoms with E-state index >= 15 is 0 Å². The van der Waals surface area contributed by atoms with Crippen LogP contribution in [0.5, 0.6) is 0 Å². The normalized spacial score (nSPS) is 22.3. The molecule has 2 rings (SSSR count). The number of rotatable bonds is 4. The van der Waals surface area contributed by atoms with Gasteiger partial charge in [-0.15, -0.1) is 0 Å². The average molecular weight is 292 g/mol. The Morgan fingerprint density at radius 3 is 2.52 bits per heavy atom. The average Bonchev–Trinajstić information content (AvgIpc) is 2.47. The highest BCUT2D eigenvalue weighted by Gasteiger charge is 2.37. The van der Waals surface area contributed by atoms with Crippen LogP contribution in [0.25, 0.3) is 0 Å². The molecule has 6 nitrogen and oxygen atoms in total. The SMILES string of the molecule is CN(Cc1ccccc1)[C@@H]1CCN(C(=O)O)[C@@H](C(=O)O)C1. The third-order valence-electron chi connectivity index (χ3n) is 4.00. The van der Waals surface area contributed by atoms with Gasteiger partial charge in [0.25, 0.3) is 0 Å². The Labute approximate surface area is 123 Å². The van der Waals surface area contributed by atoms with Gasteiger partial charge in [0, 0.05) is 19.1 Å². The summed E-state index contributed by atoms with van der Waals surface area (Å²) in [6.45, 7) is 0.987. The summed E-state index contributed by atoms with van der Waals surface area (Å²) in [7, 11) is 1.95. The zero-order valence-electron chi connectivity index (χ0n) is 12.0. The monoisotopic (exact) mass is 292 g/mol. The van der Waals surface area contributed by atoms with E-state index in [-0.39, 0.29) is 12.6 Å². The number of carbonyl (C=O) groups is 2. The zero-order chi connectivity index (χ0) is 15.4. The van der Waals surface area contributed by atoms with E-state index in [0.29, 0.717) is 12.8 Å². The summed E-state index contributed by atoms with van der Waals surface area (Å²) in [6.07, 6.45) is -0.184. The first kappa shape index (κ1) is 15.3. The molecule has 2 N–H and O–H groups in total. The van der Waals surface area contributed by atoms with Crippen molar-refractivity contribution in [3.8, 4) is 0 Å². The van der Waals surface area contributed by atoms with E-state index in [1.165, 1.54) is 0 Å². The van der Waals surface area contributed by atoms with Gasteiger partial charge in [0.15, 0.2) is 0 Å². The third-order valence-corrected chi connectivity index (χ3v) is 4.00. The molecule has 1 aliphatic rings. The molecule has 0 saturated carbocycles. The molecule has 6 heteroatoms. The molecular weight excluding hydrogens is 272 g/mol. The van der Waals surface area contributed by atoms with Crippen molar-refractivity contribution in [2.75, 3.05) is 13.6 Å². The van der Waals surface area contributed by atoms with Crippen LogP contribution in [0.1, 0.15) is 18.4 Å². The van der Waals surface area contributed by atoms with E-state index in [9.17, 15) is 14.7 Å². The lowest BCUT2D eigenvalue weighted by Crippen LogP contribution is -2.53. The fraction of sp³-hybridized carbons (Fsp3) is 0.467. The number of hydrogen-bond acceptors (Lipinski definition) is 3. The van der Waals surface area contributed by atoms with Crippen LogP contribution in [0.3, 0.4) is 0 Å². The van der Waals surface area contributed by atoms with Gasteiger partial charge < -0.3 is 10.2 Å². The molecular formula is C15H20N2O4. The van der Waals surface area contributed by atoms with Crippen LogP contribution in [-0.4, -0.2) is 57.8 Å². The number of hydrogen-bond donors (Lipinski definition) is 2. The lowest BCUT2D eigenvalue weighted by atomic mass is 9.96. The number of piperidine rings is 1. The maximum atomic E-state index is 11.3. The van der Waals surface area contributed by atoms with E-state index < -0.39 is 18.1 Å². The molecule has 1 amide bonds. The van der Waals surface area contributed by atoms with Crippen LogP contribution in [0.2, 0.25) is 0 Å². The minimum atomic E-state index is -1.16. The number of nitrogens with zero attached hydrogens (tertiary/aromatic N) is 2. The first-order chi connectivity index (χ1) is 9.99. The van der Waals surface area contributed by atoms with Crippen LogP contribution in [-0.2, 0) is 11.3 Å². The number of aliphatic carboxylic acids is 1. The molecule has 1 fully saturated rings. The molecule has 0 aliphatic carbocycles. The Kier molecular flexibility index (Phi) is 4.80. The van der Waals surface area contributed by atoms with Crippen molar-refractivity contribution in [3.05, 3.63) is 35.9 Å². The molecule has 21 heavy (non-hydrogen) atoms. The van der Waals surface area contributed by atoms with Crippen molar-refractivity contribution in [1.29, 1.82) is 0 Å². The number of carboxylic acid groups (broad SMARTS) is 2. The van der Waals surface area contributed by atoms with E-state index in [2.05, 4.69) is 4.90 Å². The van der Waals surface area contributed by atoms with Crippen LogP contribution in [0.4, 0.5) is 4.79 Å². The van der Waals surface area contributed by atoms with Gasteiger partial charge in [0.1, 0.15) is 6.04 Å². The predicted molar refractivity (Wildman–Crippen MR) is 77.1 cm³/mol. The Balaban J connectivity index is 2.01. The Bertz CT molecular complexity index is 506. The largest absolute Gasteiger partial charge is 0.480 e. The number of likely N-dealkylation sites (tertiary alicyclic amines) is 1. The fourth-order valence-electron chi connectivity index (χ4n) is 2.81. The summed E-state index contributed by atoms with van der Waals surface area (Å²) in [5.74, 6) is -1.07. The molecule has 1 saturated heterocycles. The predicted octanol–water partition coefficient (Wildman–Crippen LogP) is 1.71. The van der Waals surface area contributed by atoms with Gasteiger partial charge in [-0.3, -0.25) is 9.80 Å². The van der Waals surface area contributed by atoms with Gasteiger partial charge in [-0.1, -0.05) is 30.3 Å².